The van der Waals surface area contributed by atoms with Crippen molar-refractivity contribution in [1.82, 2.24) is 15.0 Å². The average molecular weight is 368 g/mol. The van der Waals surface area contributed by atoms with Crippen LogP contribution in [-0.4, -0.2) is 20.4 Å². The molecule has 0 saturated carbocycles. The van der Waals surface area contributed by atoms with Gasteiger partial charge in [0.05, 0.1) is 18.3 Å². The molecule has 1 atom stereocenters. The Hall–Kier alpha value is -3.13. The van der Waals surface area contributed by atoms with Gasteiger partial charge in [-0.15, -0.1) is 11.3 Å². The van der Waals surface area contributed by atoms with Crippen LogP contribution in [0.4, 0.5) is 0 Å². The summed E-state index contributed by atoms with van der Waals surface area (Å²) in [7, 11) is 0. The van der Waals surface area contributed by atoms with Crippen molar-refractivity contribution in [2.24, 2.45) is 5.10 Å². The predicted octanol–water partition coefficient (Wildman–Crippen LogP) is 1.79. The molecule has 0 bridgehead atoms. The molecule has 1 aliphatic rings. The summed E-state index contributed by atoms with van der Waals surface area (Å²) >= 11 is 1.59. The Bertz CT molecular complexity index is 1070. The Morgan fingerprint density at radius 1 is 1.19 bits per heavy atom. The number of thiophene rings is 1. The molecular weight excluding hydrogens is 352 g/mol. The lowest BCUT2D eigenvalue weighted by Crippen LogP contribution is -2.34. The molecule has 0 amide bonds. The maximum atomic E-state index is 12.3. The molecule has 7 nitrogen and oxygen atoms in total. The molecule has 1 aromatic carbocycles. The van der Waals surface area contributed by atoms with Gasteiger partial charge in [-0.2, -0.15) is 5.10 Å². The van der Waals surface area contributed by atoms with Crippen molar-refractivity contribution in [2.45, 2.75) is 19.0 Å². The Balaban J connectivity index is 1.70. The van der Waals surface area contributed by atoms with Crippen molar-refractivity contribution in [3.05, 3.63) is 84.7 Å². The smallest absolute Gasteiger partial charge is 0.331 e. The summed E-state index contributed by atoms with van der Waals surface area (Å²) in [6, 6.07) is 13.1. The summed E-state index contributed by atoms with van der Waals surface area (Å²) in [6.07, 6.45) is 0.459. The number of aromatic nitrogens is 2. The molecule has 0 aliphatic carbocycles. The second kappa shape index (κ2) is 6.64. The van der Waals surface area contributed by atoms with Gasteiger partial charge in [0.2, 0.25) is 5.88 Å². The standard InChI is InChI=1S/C18H16N4O3S/c23-16-15(13-9-12(20-21-13)14-7-4-8-26-14)17(24)22(18(25)19-16)10-11-5-2-1-3-6-11/h1-8,12,20,24H,9-10H2,(H,19,23,25)/t12-/m0/s1. The first-order valence-electron chi connectivity index (χ1n) is 8.09. The van der Waals surface area contributed by atoms with Crippen LogP contribution in [0.3, 0.4) is 0 Å². The minimum Gasteiger partial charge on any atom is -0.494 e. The van der Waals surface area contributed by atoms with E-state index < -0.39 is 11.2 Å². The molecule has 0 unspecified atom stereocenters. The number of hydrogen-bond acceptors (Lipinski definition) is 6. The Morgan fingerprint density at radius 3 is 2.73 bits per heavy atom. The van der Waals surface area contributed by atoms with Crippen LogP contribution in [0.2, 0.25) is 0 Å². The average Bonchev–Trinajstić information content (AvgIpc) is 3.31. The van der Waals surface area contributed by atoms with Gasteiger partial charge in [-0.3, -0.25) is 14.3 Å². The van der Waals surface area contributed by atoms with E-state index in [0.29, 0.717) is 12.1 Å². The van der Waals surface area contributed by atoms with Gasteiger partial charge in [0, 0.05) is 11.3 Å². The Kier molecular flexibility index (Phi) is 4.18. The second-order valence-corrected chi connectivity index (χ2v) is 6.97. The number of aromatic amines is 1. The minimum atomic E-state index is -0.651. The van der Waals surface area contributed by atoms with Crippen LogP contribution in [0.25, 0.3) is 0 Å². The van der Waals surface area contributed by atoms with Crippen LogP contribution < -0.4 is 16.7 Å². The van der Waals surface area contributed by atoms with Gasteiger partial charge >= 0.3 is 5.69 Å². The fourth-order valence-electron chi connectivity index (χ4n) is 2.98. The van der Waals surface area contributed by atoms with Crippen molar-refractivity contribution in [3.63, 3.8) is 0 Å². The number of H-pyrrole nitrogens is 1. The number of hydrogen-bond donors (Lipinski definition) is 3. The van der Waals surface area contributed by atoms with Gasteiger partial charge in [-0.25, -0.2) is 4.79 Å². The molecule has 3 heterocycles. The van der Waals surface area contributed by atoms with E-state index in [1.54, 1.807) is 11.3 Å². The number of aromatic hydroxyl groups is 1. The van der Waals surface area contributed by atoms with Crippen molar-refractivity contribution in [1.29, 1.82) is 0 Å². The van der Waals surface area contributed by atoms with Crippen LogP contribution in [0.5, 0.6) is 5.88 Å². The third-order valence-corrected chi connectivity index (χ3v) is 5.27. The quantitative estimate of drug-likeness (QED) is 0.654. The molecule has 0 spiro atoms. The molecule has 132 valence electrons. The molecule has 4 rings (SSSR count). The fourth-order valence-corrected chi connectivity index (χ4v) is 3.76. The number of nitrogens with zero attached hydrogens (tertiary/aromatic N) is 2. The van der Waals surface area contributed by atoms with E-state index in [2.05, 4.69) is 15.5 Å². The third kappa shape index (κ3) is 2.95. The maximum Gasteiger partial charge on any atom is 0.331 e. The van der Waals surface area contributed by atoms with Gasteiger partial charge < -0.3 is 10.5 Å². The van der Waals surface area contributed by atoms with Crippen LogP contribution in [0.15, 0.2) is 62.5 Å². The second-order valence-electron chi connectivity index (χ2n) is 5.99. The number of hydrazone groups is 1. The van der Waals surface area contributed by atoms with Gasteiger partial charge in [-0.05, 0) is 17.0 Å². The van der Waals surface area contributed by atoms with Crippen LogP contribution in [-0.2, 0) is 6.54 Å². The largest absolute Gasteiger partial charge is 0.494 e. The van der Waals surface area contributed by atoms with Crippen LogP contribution in [0, 0.1) is 0 Å². The van der Waals surface area contributed by atoms with Crippen LogP contribution >= 0.6 is 11.3 Å². The normalized spacial score (nSPS) is 16.3. The maximum absolute atomic E-state index is 12.3. The molecule has 2 aromatic heterocycles. The van der Waals surface area contributed by atoms with Gasteiger partial charge in [-0.1, -0.05) is 36.4 Å². The molecule has 0 fully saturated rings. The monoisotopic (exact) mass is 368 g/mol. The molecule has 0 radical (unpaired) electrons. The first-order chi connectivity index (χ1) is 12.6. The summed E-state index contributed by atoms with van der Waals surface area (Å²) in [6.45, 7) is 0.157. The van der Waals surface area contributed by atoms with Crippen molar-refractivity contribution < 1.29 is 5.11 Å². The highest BCUT2D eigenvalue weighted by Crippen LogP contribution is 2.28. The van der Waals surface area contributed by atoms with E-state index >= 15 is 0 Å². The summed E-state index contributed by atoms with van der Waals surface area (Å²) in [5, 5.41) is 16.8. The van der Waals surface area contributed by atoms with E-state index in [0.717, 1.165) is 15.0 Å². The van der Waals surface area contributed by atoms with E-state index in [1.165, 1.54) is 0 Å². The third-order valence-electron chi connectivity index (χ3n) is 4.28. The van der Waals surface area contributed by atoms with E-state index in [4.69, 9.17) is 0 Å². The Labute approximate surface area is 152 Å². The van der Waals surface area contributed by atoms with Gasteiger partial charge in [0.15, 0.2) is 0 Å². The molecule has 26 heavy (non-hydrogen) atoms. The predicted molar refractivity (Wildman–Crippen MR) is 99.9 cm³/mol. The fraction of sp³-hybridized carbons (Fsp3) is 0.167. The summed E-state index contributed by atoms with van der Waals surface area (Å²) in [5.74, 6) is -0.366. The SMILES string of the molecule is O=c1[nH]c(=O)n(Cc2ccccc2)c(O)c1C1=NN[C@H](c2cccs2)C1. The zero-order valence-corrected chi connectivity index (χ0v) is 14.5. The molecule has 0 saturated heterocycles. The van der Waals surface area contributed by atoms with Crippen molar-refractivity contribution >= 4 is 17.0 Å². The van der Waals surface area contributed by atoms with E-state index in [1.807, 2.05) is 47.8 Å². The topological polar surface area (TPSA) is 99.5 Å². The zero-order valence-electron chi connectivity index (χ0n) is 13.7. The lowest BCUT2D eigenvalue weighted by Gasteiger charge is -2.11. The highest BCUT2D eigenvalue weighted by Gasteiger charge is 2.27. The highest BCUT2D eigenvalue weighted by atomic mass is 32.1. The summed E-state index contributed by atoms with van der Waals surface area (Å²) in [4.78, 5) is 27.9. The van der Waals surface area contributed by atoms with E-state index in [9.17, 15) is 14.7 Å². The molecule has 8 heteroatoms. The van der Waals surface area contributed by atoms with Gasteiger partial charge in [0.25, 0.3) is 5.56 Å². The summed E-state index contributed by atoms with van der Waals surface area (Å²) in [5.41, 5.74) is 3.01. The van der Waals surface area contributed by atoms with E-state index in [-0.39, 0.29) is 24.0 Å². The highest BCUT2D eigenvalue weighted by molar-refractivity contribution is 7.10. The first-order valence-corrected chi connectivity index (χ1v) is 8.97. The number of nitrogens with one attached hydrogen (secondary N) is 2. The molecule has 3 aromatic rings. The Morgan fingerprint density at radius 2 is 2.00 bits per heavy atom. The lowest BCUT2D eigenvalue weighted by atomic mass is 10.1. The van der Waals surface area contributed by atoms with Crippen molar-refractivity contribution in [2.75, 3.05) is 0 Å². The minimum absolute atomic E-state index is 0.0343. The lowest BCUT2D eigenvalue weighted by molar-refractivity contribution is 0.408. The summed E-state index contributed by atoms with van der Waals surface area (Å²) < 4.78 is 1.15. The first kappa shape index (κ1) is 16.3. The number of benzene rings is 1. The molecular formula is C18H16N4O3S. The van der Waals surface area contributed by atoms with Crippen LogP contribution in [0.1, 0.15) is 28.5 Å². The van der Waals surface area contributed by atoms with Gasteiger partial charge in [0.1, 0.15) is 5.56 Å². The molecule has 1 aliphatic heterocycles. The zero-order chi connectivity index (χ0) is 18.1. The number of rotatable bonds is 4. The molecule has 3 N–H and O–H groups in total. The van der Waals surface area contributed by atoms with Crippen molar-refractivity contribution in [3.8, 4) is 5.88 Å².